The Labute approximate surface area is 146 Å². The van der Waals surface area contributed by atoms with Crippen molar-refractivity contribution in [2.45, 2.75) is 84.7 Å². The van der Waals surface area contributed by atoms with Crippen molar-refractivity contribution in [3.63, 3.8) is 0 Å². The summed E-state index contributed by atoms with van der Waals surface area (Å²) in [5.41, 5.74) is 1.76. The number of aliphatic hydroxyl groups is 1. The highest BCUT2D eigenvalue weighted by Crippen LogP contribution is 2.67. The summed E-state index contributed by atoms with van der Waals surface area (Å²) in [5, 5.41) is 23.0. The van der Waals surface area contributed by atoms with E-state index >= 15 is 0 Å². The molecule has 4 saturated carbocycles. The van der Waals surface area contributed by atoms with Gasteiger partial charge in [0.05, 0.1) is 11.8 Å². The van der Waals surface area contributed by atoms with Crippen molar-refractivity contribution in [3.05, 3.63) is 0 Å². The first-order valence-corrected chi connectivity index (χ1v) is 10.3. The van der Waals surface area contributed by atoms with E-state index in [9.17, 15) is 10.3 Å². The third-order valence-corrected chi connectivity index (χ3v) is 9.30. The number of aliphatic hydroxyl groups excluding tert-OH is 1. The van der Waals surface area contributed by atoms with Crippen molar-refractivity contribution < 1.29 is 10.3 Å². The zero-order chi connectivity index (χ0) is 17.1. The maximum atomic E-state index is 10.1. The molecule has 24 heavy (non-hydrogen) atoms. The molecule has 4 rings (SSSR count). The molecule has 2 N–H and O–H groups in total. The van der Waals surface area contributed by atoms with Gasteiger partial charge in [-0.15, -0.1) is 0 Å². The van der Waals surface area contributed by atoms with E-state index in [-0.39, 0.29) is 6.10 Å². The van der Waals surface area contributed by atoms with Crippen LogP contribution in [0.2, 0.25) is 0 Å². The van der Waals surface area contributed by atoms with Gasteiger partial charge in [0.15, 0.2) is 0 Å². The van der Waals surface area contributed by atoms with Gasteiger partial charge in [0.25, 0.3) is 0 Å². The van der Waals surface area contributed by atoms with Crippen LogP contribution in [0.15, 0.2) is 5.16 Å². The lowest BCUT2D eigenvalue weighted by Crippen LogP contribution is -2.54. The van der Waals surface area contributed by atoms with Gasteiger partial charge in [0.1, 0.15) is 0 Å². The van der Waals surface area contributed by atoms with Crippen LogP contribution in [-0.4, -0.2) is 22.1 Å². The minimum Gasteiger partial charge on any atom is -0.411 e. The Hall–Kier alpha value is -0.570. The Bertz CT molecular complexity index is 532. The van der Waals surface area contributed by atoms with E-state index in [1.807, 2.05) is 6.92 Å². The zero-order valence-corrected chi connectivity index (χ0v) is 15.7. The summed E-state index contributed by atoms with van der Waals surface area (Å²) in [5.74, 6) is 3.74. The highest BCUT2D eigenvalue weighted by atomic mass is 16.4. The molecule has 1 unspecified atom stereocenters. The van der Waals surface area contributed by atoms with E-state index in [4.69, 9.17) is 0 Å². The van der Waals surface area contributed by atoms with Crippen molar-refractivity contribution in [1.29, 1.82) is 0 Å². The lowest BCUT2D eigenvalue weighted by atomic mass is 9.44. The fourth-order valence-electron chi connectivity index (χ4n) is 7.99. The molecule has 3 nitrogen and oxygen atoms in total. The Morgan fingerprint density at radius 2 is 1.62 bits per heavy atom. The summed E-state index contributed by atoms with van der Waals surface area (Å²) < 4.78 is 0. The van der Waals surface area contributed by atoms with Crippen LogP contribution in [0, 0.1) is 40.4 Å². The van der Waals surface area contributed by atoms with Crippen LogP contribution < -0.4 is 0 Å². The van der Waals surface area contributed by atoms with Crippen molar-refractivity contribution in [3.8, 4) is 0 Å². The summed E-state index contributed by atoms with van der Waals surface area (Å²) >= 11 is 0. The molecule has 0 amide bonds. The van der Waals surface area contributed by atoms with E-state index in [2.05, 4.69) is 19.0 Å². The third-order valence-electron chi connectivity index (χ3n) is 9.30. The molecule has 4 aliphatic carbocycles. The van der Waals surface area contributed by atoms with E-state index in [1.165, 1.54) is 44.9 Å². The molecule has 0 bridgehead atoms. The van der Waals surface area contributed by atoms with Gasteiger partial charge in [0, 0.05) is 5.92 Å². The predicted molar refractivity (Wildman–Crippen MR) is 96.1 cm³/mol. The first-order valence-electron chi connectivity index (χ1n) is 10.3. The average molecular weight is 334 g/mol. The number of hydrogen-bond donors (Lipinski definition) is 2. The van der Waals surface area contributed by atoms with Crippen molar-refractivity contribution in [2.75, 3.05) is 0 Å². The molecule has 0 radical (unpaired) electrons. The monoisotopic (exact) mass is 333 g/mol. The summed E-state index contributed by atoms with van der Waals surface area (Å²) in [6, 6.07) is 0. The first kappa shape index (κ1) is 16.9. The number of hydrogen-bond acceptors (Lipinski definition) is 3. The Morgan fingerprint density at radius 1 is 0.917 bits per heavy atom. The third kappa shape index (κ3) is 2.22. The lowest BCUT2D eigenvalue weighted by molar-refractivity contribution is -0.123. The summed E-state index contributed by atoms with van der Waals surface area (Å²) in [7, 11) is 0. The molecule has 136 valence electrons. The SMILES string of the molecule is C/C(=N\O)[C@H]1CC[C@H]2[C@@H]3CCC4C[C@H](O)CC[C@]4(C)[C@H]3CC[C@]12C. The highest BCUT2D eigenvalue weighted by molar-refractivity contribution is 5.84. The Balaban J connectivity index is 1.61. The molecule has 0 aromatic heterocycles. The minimum absolute atomic E-state index is 0.0484. The lowest BCUT2D eigenvalue weighted by Gasteiger charge is -2.61. The molecular weight excluding hydrogens is 298 g/mol. The average Bonchev–Trinajstić information content (AvgIpc) is 2.92. The van der Waals surface area contributed by atoms with Crippen LogP contribution in [0.3, 0.4) is 0 Å². The Morgan fingerprint density at radius 3 is 2.38 bits per heavy atom. The van der Waals surface area contributed by atoms with Crippen molar-refractivity contribution in [1.82, 2.24) is 0 Å². The van der Waals surface area contributed by atoms with Gasteiger partial charge in [0.2, 0.25) is 0 Å². The maximum absolute atomic E-state index is 10.1. The standard InChI is InChI=1S/C21H35NO2/c1-13(22-24)17-6-7-18-16-5-4-14-12-15(23)8-10-20(14,2)19(16)9-11-21(17,18)3/h14-19,23-24H,4-12H2,1-3H3/b22-13+/t14?,15-,16+,17-,18+,19+,20+,21-/m1/s1. The molecule has 0 aliphatic heterocycles. The van der Waals surface area contributed by atoms with Crippen LogP contribution in [0.1, 0.15) is 78.6 Å². The second-order valence-corrected chi connectivity index (χ2v) is 10.0. The van der Waals surface area contributed by atoms with Crippen molar-refractivity contribution in [2.24, 2.45) is 45.6 Å². The van der Waals surface area contributed by atoms with Crippen LogP contribution in [0.5, 0.6) is 0 Å². The van der Waals surface area contributed by atoms with E-state index in [0.717, 1.165) is 42.2 Å². The van der Waals surface area contributed by atoms with Gasteiger partial charge < -0.3 is 10.3 Å². The fraction of sp³-hybridized carbons (Fsp3) is 0.952. The minimum atomic E-state index is -0.0484. The molecule has 0 aromatic rings. The molecule has 0 saturated heterocycles. The van der Waals surface area contributed by atoms with Crippen LogP contribution in [-0.2, 0) is 0 Å². The second kappa shape index (κ2) is 5.72. The normalized spacial score (nSPS) is 54.8. The van der Waals surface area contributed by atoms with Crippen LogP contribution in [0.25, 0.3) is 0 Å². The quantitative estimate of drug-likeness (QED) is 0.409. The second-order valence-electron chi connectivity index (χ2n) is 10.0. The molecule has 4 fully saturated rings. The van der Waals surface area contributed by atoms with Gasteiger partial charge in [-0.25, -0.2) is 0 Å². The van der Waals surface area contributed by atoms with Gasteiger partial charge >= 0.3 is 0 Å². The summed E-state index contributed by atoms with van der Waals surface area (Å²) in [6.45, 7) is 7.06. The van der Waals surface area contributed by atoms with Crippen LogP contribution in [0.4, 0.5) is 0 Å². The highest BCUT2D eigenvalue weighted by Gasteiger charge is 2.60. The fourth-order valence-corrected chi connectivity index (χ4v) is 7.99. The number of nitrogens with zero attached hydrogens (tertiary/aromatic N) is 1. The first-order chi connectivity index (χ1) is 11.4. The Kier molecular flexibility index (Phi) is 4.02. The summed E-state index contributed by atoms with van der Waals surface area (Å²) in [6.07, 6.45) is 11.1. The van der Waals surface area contributed by atoms with E-state index < -0.39 is 0 Å². The van der Waals surface area contributed by atoms with Crippen molar-refractivity contribution >= 4 is 5.71 Å². The van der Waals surface area contributed by atoms with Gasteiger partial charge in [-0.3, -0.25) is 0 Å². The molecule has 0 spiro atoms. The molecule has 0 heterocycles. The number of rotatable bonds is 1. The number of oxime groups is 1. The smallest absolute Gasteiger partial charge is 0.0576 e. The molecule has 8 atom stereocenters. The largest absolute Gasteiger partial charge is 0.411 e. The van der Waals surface area contributed by atoms with E-state index in [0.29, 0.717) is 16.7 Å². The maximum Gasteiger partial charge on any atom is 0.0576 e. The van der Waals surface area contributed by atoms with Gasteiger partial charge in [-0.1, -0.05) is 19.0 Å². The molecule has 3 heteroatoms. The van der Waals surface area contributed by atoms with E-state index in [1.54, 1.807) is 0 Å². The molecular formula is C21H35NO2. The van der Waals surface area contributed by atoms with Crippen LogP contribution >= 0.6 is 0 Å². The molecule has 4 aliphatic rings. The topological polar surface area (TPSA) is 52.8 Å². The van der Waals surface area contributed by atoms with Gasteiger partial charge in [-0.05, 0) is 99.2 Å². The predicted octanol–water partition coefficient (Wildman–Crippen LogP) is 4.86. The number of fused-ring (bicyclic) bond motifs is 5. The molecule has 0 aromatic carbocycles. The zero-order valence-electron chi connectivity index (χ0n) is 15.7. The van der Waals surface area contributed by atoms with Gasteiger partial charge in [-0.2, -0.15) is 0 Å². The summed E-state index contributed by atoms with van der Waals surface area (Å²) in [4.78, 5) is 0.